The molecule has 5 nitrogen and oxygen atoms in total. The first-order chi connectivity index (χ1) is 7.72. The summed E-state index contributed by atoms with van der Waals surface area (Å²) in [5, 5.41) is 8.80. The number of isocyanates is 1. The van der Waals surface area contributed by atoms with E-state index in [9.17, 15) is 9.59 Å². The highest BCUT2D eigenvalue weighted by Crippen LogP contribution is 2.02. The third-order valence-corrected chi connectivity index (χ3v) is 2.13. The summed E-state index contributed by atoms with van der Waals surface area (Å²) in [4.78, 5) is 25.2. The molecule has 0 atom stereocenters. The van der Waals surface area contributed by atoms with E-state index in [1.54, 1.807) is 6.08 Å². The second-order valence-corrected chi connectivity index (χ2v) is 3.40. The minimum absolute atomic E-state index is 0.366. The minimum atomic E-state index is -0.912. The molecule has 16 heavy (non-hydrogen) atoms. The first-order valence-electron chi connectivity index (χ1n) is 5.34. The van der Waals surface area contributed by atoms with E-state index in [1.165, 1.54) is 11.0 Å². The molecule has 0 heterocycles. The average Bonchev–Trinajstić information content (AvgIpc) is 2.26. The maximum atomic E-state index is 10.7. The summed E-state index contributed by atoms with van der Waals surface area (Å²) < 4.78 is 0. The Morgan fingerprint density at radius 2 is 2.06 bits per heavy atom. The predicted molar refractivity (Wildman–Crippen MR) is 61.3 cm³/mol. The SMILES string of the molecule is C=CCN(CCCCCCN=C=O)C(=O)O. The summed E-state index contributed by atoms with van der Waals surface area (Å²) in [6, 6.07) is 0. The highest BCUT2D eigenvalue weighted by atomic mass is 16.4. The van der Waals surface area contributed by atoms with Gasteiger partial charge >= 0.3 is 6.09 Å². The standard InChI is InChI=1S/C11H18N2O3/c1-2-8-13(11(15)16)9-6-4-3-5-7-12-10-14/h2H,1,3-9H2,(H,15,16). The maximum absolute atomic E-state index is 10.7. The lowest BCUT2D eigenvalue weighted by Crippen LogP contribution is -2.30. The highest BCUT2D eigenvalue weighted by molar-refractivity contribution is 5.65. The van der Waals surface area contributed by atoms with Crippen molar-refractivity contribution in [3.63, 3.8) is 0 Å². The Bertz CT molecular complexity index is 260. The first kappa shape index (κ1) is 14.4. The molecular weight excluding hydrogens is 208 g/mol. The van der Waals surface area contributed by atoms with Gasteiger partial charge in [0.05, 0.1) is 6.54 Å². The van der Waals surface area contributed by atoms with E-state index in [-0.39, 0.29) is 0 Å². The van der Waals surface area contributed by atoms with E-state index in [4.69, 9.17) is 5.11 Å². The monoisotopic (exact) mass is 226 g/mol. The number of aliphatic imine (C=N–C) groups is 1. The van der Waals surface area contributed by atoms with E-state index >= 15 is 0 Å². The number of nitrogens with zero attached hydrogens (tertiary/aromatic N) is 2. The molecule has 1 amide bonds. The van der Waals surface area contributed by atoms with Gasteiger partial charge in [0.1, 0.15) is 0 Å². The second-order valence-electron chi connectivity index (χ2n) is 3.40. The molecule has 0 aromatic rings. The summed E-state index contributed by atoms with van der Waals surface area (Å²) in [7, 11) is 0. The molecule has 0 radical (unpaired) electrons. The Balaban J connectivity index is 3.50. The fourth-order valence-corrected chi connectivity index (χ4v) is 1.31. The fraction of sp³-hybridized carbons (Fsp3) is 0.636. The van der Waals surface area contributed by atoms with Crippen LogP contribution in [-0.2, 0) is 4.79 Å². The third kappa shape index (κ3) is 7.76. The quantitative estimate of drug-likeness (QED) is 0.283. The molecule has 0 fully saturated rings. The lowest BCUT2D eigenvalue weighted by molar-refractivity contribution is 0.149. The molecule has 0 saturated carbocycles. The van der Waals surface area contributed by atoms with Gasteiger partial charge in [-0.15, -0.1) is 6.58 Å². The average molecular weight is 226 g/mol. The van der Waals surface area contributed by atoms with E-state index in [2.05, 4.69) is 11.6 Å². The van der Waals surface area contributed by atoms with Crippen LogP contribution in [0.15, 0.2) is 17.6 Å². The third-order valence-electron chi connectivity index (χ3n) is 2.13. The number of unbranched alkanes of at least 4 members (excludes halogenated alkanes) is 3. The van der Waals surface area contributed by atoms with Crippen molar-refractivity contribution in [2.75, 3.05) is 19.6 Å². The zero-order valence-electron chi connectivity index (χ0n) is 9.39. The molecule has 0 aromatic heterocycles. The molecule has 5 heteroatoms. The number of carbonyl (C=O) groups is 1. The van der Waals surface area contributed by atoms with Gasteiger partial charge < -0.3 is 10.0 Å². The summed E-state index contributed by atoms with van der Waals surface area (Å²) in [6.07, 6.45) is 5.72. The second kappa shape index (κ2) is 9.93. The Hall–Kier alpha value is -1.61. The van der Waals surface area contributed by atoms with Crippen LogP contribution >= 0.6 is 0 Å². The van der Waals surface area contributed by atoms with Crippen LogP contribution in [0.4, 0.5) is 4.79 Å². The van der Waals surface area contributed by atoms with Crippen molar-refractivity contribution < 1.29 is 14.7 Å². The molecule has 0 aliphatic carbocycles. The van der Waals surface area contributed by atoms with Crippen LogP contribution in [0.1, 0.15) is 25.7 Å². The summed E-state index contributed by atoms with van der Waals surface area (Å²) in [5.74, 6) is 0. The van der Waals surface area contributed by atoms with Crippen molar-refractivity contribution in [2.45, 2.75) is 25.7 Å². The smallest absolute Gasteiger partial charge is 0.407 e. The summed E-state index contributed by atoms with van der Waals surface area (Å²) in [6.45, 7) is 4.91. The number of amides is 1. The molecule has 0 unspecified atom stereocenters. The normalized spacial score (nSPS) is 9.25. The first-order valence-corrected chi connectivity index (χ1v) is 5.34. The number of rotatable bonds is 9. The van der Waals surface area contributed by atoms with E-state index < -0.39 is 6.09 Å². The van der Waals surface area contributed by atoms with Crippen LogP contribution in [0.5, 0.6) is 0 Å². The zero-order chi connectivity index (χ0) is 12.2. The Morgan fingerprint density at radius 3 is 2.62 bits per heavy atom. The topological polar surface area (TPSA) is 70.0 Å². The lowest BCUT2D eigenvalue weighted by Gasteiger charge is -2.16. The molecule has 0 rings (SSSR count). The van der Waals surface area contributed by atoms with Crippen molar-refractivity contribution in [2.24, 2.45) is 4.99 Å². The molecule has 1 N–H and O–H groups in total. The van der Waals surface area contributed by atoms with Gasteiger partial charge in [-0.2, -0.15) is 0 Å². The van der Waals surface area contributed by atoms with Crippen molar-refractivity contribution in [3.8, 4) is 0 Å². The van der Waals surface area contributed by atoms with E-state index in [1.807, 2.05) is 0 Å². The van der Waals surface area contributed by atoms with Crippen LogP contribution in [0.25, 0.3) is 0 Å². The van der Waals surface area contributed by atoms with Crippen LogP contribution < -0.4 is 0 Å². The maximum Gasteiger partial charge on any atom is 0.407 e. The highest BCUT2D eigenvalue weighted by Gasteiger charge is 2.07. The number of carboxylic acid groups (broad SMARTS) is 1. The molecule has 0 bridgehead atoms. The Labute approximate surface area is 95.5 Å². The molecule has 0 aromatic carbocycles. The van der Waals surface area contributed by atoms with Crippen molar-refractivity contribution in [3.05, 3.63) is 12.7 Å². The van der Waals surface area contributed by atoms with Gasteiger partial charge in [-0.3, -0.25) is 0 Å². The van der Waals surface area contributed by atoms with Crippen molar-refractivity contribution in [1.29, 1.82) is 0 Å². The van der Waals surface area contributed by atoms with Gasteiger partial charge in [-0.05, 0) is 12.8 Å². The largest absolute Gasteiger partial charge is 0.465 e. The van der Waals surface area contributed by atoms with E-state index in [0.29, 0.717) is 19.6 Å². The molecular formula is C11H18N2O3. The molecule has 90 valence electrons. The van der Waals surface area contributed by atoms with Gasteiger partial charge in [-0.1, -0.05) is 18.9 Å². The van der Waals surface area contributed by atoms with Crippen molar-refractivity contribution >= 4 is 12.2 Å². The van der Waals surface area contributed by atoms with Crippen LogP contribution in [-0.4, -0.2) is 41.8 Å². The number of carbonyl (C=O) groups excluding carboxylic acids is 1. The Morgan fingerprint density at radius 1 is 1.38 bits per heavy atom. The van der Waals surface area contributed by atoms with Crippen LogP contribution in [0.2, 0.25) is 0 Å². The van der Waals surface area contributed by atoms with E-state index in [0.717, 1.165) is 25.7 Å². The minimum Gasteiger partial charge on any atom is -0.465 e. The lowest BCUT2D eigenvalue weighted by atomic mass is 10.2. The van der Waals surface area contributed by atoms with Gasteiger partial charge in [0.25, 0.3) is 0 Å². The fourth-order valence-electron chi connectivity index (χ4n) is 1.31. The van der Waals surface area contributed by atoms with Gasteiger partial charge in [-0.25, -0.2) is 14.6 Å². The van der Waals surface area contributed by atoms with Crippen LogP contribution in [0, 0.1) is 0 Å². The molecule has 0 saturated heterocycles. The van der Waals surface area contributed by atoms with Gasteiger partial charge in [0.2, 0.25) is 6.08 Å². The molecule has 0 aliphatic rings. The zero-order valence-corrected chi connectivity index (χ0v) is 9.39. The Kier molecular flexibility index (Phi) is 8.93. The van der Waals surface area contributed by atoms with Gasteiger partial charge in [0.15, 0.2) is 0 Å². The number of hydrogen-bond acceptors (Lipinski definition) is 3. The number of hydrogen-bond donors (Lipinski definition) is 1. The molecule has 0 spiro atoms. The summed E-state index contributed by atoms with van der Waals surface area (Å²) >= 11 is 0. The summed E-state index contributed by atoms with van der Waals surface area (Å²) in [5.41, 5.74) is 0. The van der Waals surface area contributed by atoms with Gasteiger partial charge in [0, 0.05) is 13.1 Å². The predicted octanol–water partition coefficient (Wildman–Crippen LogP) is 2.05. The molecule has 0 aliphatic heterocycles. The van der Waals surface area contributed by atoms with Crippen molar-refractivity contribution in [1.82, 2.24) is 4.90 Å². The van der Waals surface area contributed by atoms with Crippen LogP contribution in [0.3, 0.4) is 0 Å².